The molecule has 1 aliphatic carbocycles. The second-order valence-corrected chi connectivity index (χ2v) is 10.3. The van der Waals surface area contributed by atoms with E-state index in [1.807, 2.05) is 4.57 Å². The summed E-state index contributed by atoms with van der Waals surface area (Å²) in [7, 11) is 0. The van der Waals surface area contributed by atoms with Gasteiger partial charge in [0.15, 0.2) is 0 Å². The number of hydrogen-bond acceptors (Lipinski definition) is 5. The molecule has 2 aromatic heterocycles. The van der Waals surface area contributed by atoms with Crippen LogP contribution in [0.5, 0.6) is 0 Å². The predicted molar refractivity (Wildman–Crippen MR) is 130 cm³/mol. The molecule has 5 nitrogen and oxygen atoms in total. The van der Waals surface area contributed by atoms with Crippen LogP contribution in [-0.2, 0) is 19.4 Å². The number of aromatic nitrogens is 2. The summed E-state index contributed by atoms with van der Waals surface area (Å²) in [5, 5.41) is 0.898. The van der Waals surface area contributed by atoms with Crippen molar-refractivity contribution in [3.63, 3.8) is 0 Å². The second-order valence-electron chi connectivity index (χ2n) is 9.26. The van der Waals surface area contributed by atoms with Crippen LogP contribution in [0.2, 0.25) is 0 Å². The summed E-state index contributed by atoms with van der Waals surface area (Å²) in [5.74, 6) is 0.863. The third-order valence-electron chi connectivity index (χ3n) is 6.83. The highest BCUT2D eigenvalue weighted by Crippen LogP contribution is 2.35. The lowest BCUT2D eigenvalue weighted by atomic mass is 9.97. The van der Waals surface area contributed by atoms with Gasteiger partial charge < -0.3 is 4.90 Å². The molecular weight excluding hydrogens is 404 g/mol. The van der Waals surface area contributed by atoms with E-state index in [-0.39, 0.29) is 11.6 Å². The minimum atomic E-state index is 0.100. The molecule has 0 bridgehead atoms. The molecule has 164 valence electrons. The maximum absolute atomic E-state index is 13.6. The molecule has 1 fully saturated rings. The Balaban J connectivity index is 1.43. The molecule has 1 aliphatic heterocycles. The maximum atomic E-state index is 13.6. The number of nitrogens with zero attached hydrogens (tertiary/aromatic N) is 4. The van der Waals surface area contributed by atoms with E-state index in [2.05, 4.69) is 54.8 Å². The van der Waals surface area contributed by atoms with Crippen molar-refractivity contribution >= 4 is 27.5 Å². The number of thiophene rings is 1. The van der Waals surface area contributed by atoms with Gasteiger partial charge in [-0.15, -0.1) is 11.3 Å². The van der Waals surface area contributed by atoms with Gasteiger partial charge in [-0.25, -0.2) is 4.98 Å². The van der Waals surface area contributed by atoms with Crippen LogP contribution in [0.1, 0.15) is 54.3 Å². The van der Waals surface area contributed by atoms with Crippen molar-refractivity contribution in [3.05, 3.63) is 56.2 Å². The Morgan fingerprint density at radius 2 is 1.81 bits per heavy atom. The van der Waals surface area contributed by atoms with Crippen LogP contribution in [-0.4, -0.2) is 40.6 Å². The highest BCUT2D eigenvalue weighted by Gasteiger charge is 2.27. The highest BCUT2D eigenvalue weighted by atomic mass is 32.1. The molecule has 6 heteroatoms. The topological polar surface area (TPSA) is 41.4 Å². The van der Waals surface area contributed by atoms with Gasteiger partial charge in [-0.3, -0.25) is 14.3 Å². The third kappa shape index (κ3) is 3.80. The maximum Gasteiger partial charge on any atom is 0.264 e. The van der Waals surface area contributed by atoms with E-state index >= 15 is 0 Å². The number of hydrogen-bond donors (Lipinski definition) is 0. The van der Waals surface area contributed by atoms with E-state index in [4.69, 9.17) is 4.98 Å². The van der Waals surface area contributed by atoms with Crippen LogP contribution in [0.15, 0.2) is 29.1 Å². The zero-order valence-electron chi connectivity index (χ0n) is 18.9. The summed E-state index contributed by atoms with van der Waals surface area (Å²) in [6.45, 7) is 11.2. The summed E-state index contributed by atoms with van der Waals surface area (Å²) in [6, 6.07) is 8.74. The van der Waals surface area contributed by atoms with E-state index in [0.717, 1.165) is 61.7 Å². The molecule has 3 aromatic rings. The largest absolute Gasteiger partial charge is 0.340 e. The second kappa shape index (κ2) is 8.40. The Labute approximate surface area is 188 Å². The van der Waals surface area contributed by atoms with E-state index in [0.29, 0.717) is 0 Å². The Morgan fingerprint density at radius 3 is 2.55 bits per heavy atom. The van der Waals surface area contributed by atoms with Gasteiger partial charge in [-0.1, -0.05) is 24.3 Å². The van der Waals surface area contributed by atoms with Gasteiger partial charge in [0.1, 0.15) is 4.83 Å². The molecule has 0 radical (unpaired) electrons. The minimum absolute atomic E-state index is 0.100. The van der Waals surface area contributed by atoms with E-state index < -0.39 is 0 Å². The third-order valence-corrected chi connectivity index (χ3v) is 8.01. The molecule has 1 saturated heterocycles. The summed E-state index contributed by atoms with van der Waals surface area (Å²) in [4.78, 5) is 25.9. The summed E-state index contributed by atoms with van der Waals surface area (Å²) in [5.41, 5.74) is 4.20. The van der Waals surface area contributed by atoms with Gasteiger partial charge in [-0.2, -0.15) is 0 Å². The van der Waals surface area contributed by atoms with Crippen molar-refractivity contribution in [1.29, 1.82) is 0 Å². The molecule has 1 aromatic carbocycles. The lowest BCUT2D eigenvalue weighted by Gasteiger charge is -2.36. The average molecular weight is 437 g/mol. The lowest BCUT2D eigenvalue weighted by molar-refractivity contribution is 0.247. The van der Waals surface area contributed by atoms with Crippen LogP contribution in [0, 0.1) is 6.92 Å². The Morgan fingerprint density at radius 1 is 1.06 bits per heavy atom. The molecule has 2 aliphatic rings. The number of piperazine rings is 1. The average Bonchev–Trinajstić information content (AvgIpc) is 3.14. The first-order valence-electron chi connectivity index (χ1n) is 11.6. The predicted octanol–water partition coefficient (Wildman–Crippen LogP) is 4.55. The van der Waals surface area contributed by atoms with Gasteiger partial charge in [0.25, 0.3) is 5.56 Å². The van der Waals surface area contributed by atoms with E-state index in [1.54, 1.807) is 11.3 Å². The van der Waals surface area contributed by atoms with Crippen LogP contribution < -0.4 is 10.5 Å². The van der Waals surface area contributed by atoms with Crippen molar-refractivity contribution in [2.45, 2.75) is 59.0 Å². The fraction of sp³-hybridized carbons (Fsp3) is 0.520. The van der Waals surface area contributed by atoms with Crippen molar-refractivity contribution in [3.8, 4) is 0 Å². The smallest absolute Gasteiger partial charge is 0.264 e. The van der Waals surface area contributed by atoms with Gasteiger partial charge >= 0.3 is 0 Å². The monoisotopic (exact) mass is 436 g/mol. The quantitative estimate of drug-likeness (QED) is 0.602. The first kappa shape index (κ1) is 20.7. The number of aryl methyl sites for hydroxylation is 3. The van der Waals surface area contributed by atoms with Crippen molar-refractivity contribution in [2.24, 2.45) is 0 Å². The van der Waals surface area contributed by atoms with Crippen molar-refractivity contribution in [1.82, 2.24) is 14.5 Å². The number of rotatable bonds is 4. The molecular formula is C25H32N4OS. The van der Waals surface area contributed by atoms with Gasteiger partial charge in [-0.05, 0) is 63.1 Å². The summed E-state index contributed by atoms with van der Waals surface area (Å²) >= 11 is 1.75. The fourth-order valence-corrected chi connectivity index (χ4v) is 6.28. The number of anilines is 1. The molecule has 3 heterocycles. The fourth-order valence-electron chi connectivity index (χ4n) is 5.03. The molecule has 0 saturated carbocycles. The standard InChI is InChI=1S/C25H32N4OS/c1-17(2)29-24(30)22-20-10-6-7-11-21(20)31-23(22)26-25(29)28-14-12-27(13-15-28)16-19-9-5-4-8-18(19)3/h4-5,8-9,17H,6-7,10-16H2,1-3H3. The zero-order chi connectivity index (χ0) is 21.5. The molecule has 0 spiro atoms. The molecule has 0 N–H and O–H groups in total. The van der Waals surface area contributed by atoms with Gasteiger partial charge in [0.2, 0.25) is 5.95 Å². The molecule has 31 heavy (non-hydrogen) atoms. The van der Waals surface area contributed by atoms with Gasteiger partial charge in [0.05, 0.1) is 5.39 Å². The number of fused-ring (bicyclic) bond motifs is 3. The first-order chi connectivity index (χ1) is 15.0. The van der Waals surface area contributed by atoms with Crippen LogP contribution in [0.4, 0.5) is 5.95 Å². The van der Waals surface area contributed by atoms with Crippen LogP contribution in [0.25, 0.3) is 10.2 Å². The first-order valence-corrected chi connectivity index (χ1v) is 12.4. The normalized spacial score (nSPS) is 17.5. The van der Waals surface area contributed by atoms with E-state index in [9.17, 15) is 4.79 Å². The molecule has 5 rings (SSSR count). The van der Waals surface area contributed by atoms with Crippen molar-refractivity contribution in [2.75, 3.05) is 31.1 Å². The molecule has 0 amide bonds. The Hall–Kier alpha value is -2.18. The minimum Gasteiger partial charge on any atom is -0.340 e. The Bertz CT molecular complexity index is 1150. The zero-order valence-corrected chi connectivity index (χ0v) is 19.7. The highest BCUT2D eigenvalue weighted by molar-refractivity contribution is 7.18. The SMILES string of the molecule is Cc1ccccc1CN1CCN(c2nc3sc4c(c3c(=O)n2C(C)C)CCCC4)CC1. The van der Waals surface area contributed by atoms with Crippen molar-refractivity contribution < 1.29 is 0 Å². The summed E-state index contributed by atoms with van der Waals surface area (Å²) in [6.07, 6.45) is 4.55. The van der Waals surface area contributed by atoms with E-state index in [1.165, 1.54) is 34.4 Å². The van der Waals surface area contributed by atoms with Crippen LogP contribution in [0.3, 0.4) is 0 Å². The van der Waals surface area contributed by atoms with Gasteiger partial charge in [0, 0.05) is 43.6 Å². The Kier molecular flexibility index (Phi) is 5.61. The number of benzene rings is 1. The lowest BCUT2D eigenvalue weighted by Crippen LogP contribution is -2.48. The molecule has 0 unspecified atom stereocenters. The summed E-state index contributed by atoms with van der Waals surface area (Å²) < 4.78 is 1.95. The van der Waals surface area contributed by atoms with Crippen LogP contribution >= 0.6 is 11.3 Å². The molecule has 0 atom stereocenters.